The topological polar surface area (TPSA) is 92.5 Å². The first-order valence-electron chi connectivity index (χ1n) is 7.87. The molecule has 0 saturated carbocycles. The molecule has 1 aliphatic rings. The molecule has 1 unspecified atom stereocenters. The molecule has 0 amide bonds. The Labute approximate surface area is 150 Å². The first-order chi connectivity index (χ1) is 11.8. The summed E-state index contributed by atoms with van der Waals surface area (Å²) < 4.78 is 28.6. The van der Waals surface area contributed by atoms with Gasteiger partial charge in [-0.2, -0.15) is 9.40 Å². The van der Waals surface area contributed by atoms with Crippen LogP contribution in [-0.4, -0.2) is 46.2 Å². The lowest BCUT2D eigenvalue weighted by Crippen LogP contribution is -2.47. The number of carboxylic acids is 1. The molecule has 0 bridgehead atoms. The number of hydrogen-bond acceptors (Lipinski definition) is 4. The van der Waals surface area contributed by atoms with E-state index in [-0.39, 0.29) is 11.4 Å². The van der Waals surface area contributed by atoms with Crippen molar-refractivity contribution in [3.8, 4) is 5.69 Å². The lowest BCUT2D eigenvalue weighted by atomic mass is 10.1. The summed E-state index contributed by atoms with van der Waals surface area (Å²) in [4.78, 5) is 11.5. The highest BCUT2D eigenvalue weighted by molar-refractivity contribution is 7.89. The minimum Gasteiger partial charge on any atom is -0.480 e. The molecule has 1 saturated heterocycles. The molecule has 1 aliphatic heterocycles. The van der Waals surface area contributed by atoms with Gasteiger partial charge in [-0.15, -0.1) is 0 Å². The van der Waals surface area contributed by atoms with Crippen molar-refractivity contribution in [2.45, 2.75) is 37.1 Å². The van der Waals surface area contributed by atoms with Crippen LogP contribution < -0.4 is 0 Å². The number of benzene rings is 1. The molecule has 0 spiro atoms. The summed E-state index contributed by atoms with van der Waals surface area (Å²) in [5, 5.41) is 14.1. The van der Waals surface area contributed by atoms with Gasteiger partial charge >= 0.3 is 5.97 Å². The van der Waals surface area contributed by atoms with Crippen LogP contribution in [0.3, 0.4) is 0 Å². The fraction of sp³-hybridized carbons (Fsp3) is 0.375. The number of carbonyl (C=O) groups is 1. The van der Waals surface area contributed by atoms with Crippen molar-refractivity contribution < 1.29 is 18.3 Å². The molecule has 25 heavy (non-hydrogen) atoms. The normalized spacial score (nSPS) is 19.0. The Morgan fingerprint density at radius 3 is 2.60 bits per heavy atom. The van der Waals surface area contributed by atoms with Crippen molar-refractivity contribution in [2.24, 2.45) is 0 Å². The molecule has 3 rings (SSSR count). The average molecular weight is 384 g/mol. The molecule has 7 nitrogen and oxygen atoms in total. The summed E-state index contributed by atoms with van der Waals surface area (Å²) in [7, 11) is -3.94. The molecule has 1 fully saturated rings. The van der Waals surface area contributed by atoms with Crippen molar-refractivity contribution in [3.05, 3.63) is 41.2 Å². The quantitative estimate of drug-likeness (QED) is 0.875. The van der Waals surface area contributed by atoms with Crippen molar-refractivity contribution in [3.63, 3.8) is 0 Å². The third-order valence-electron chi connectivity index (χ3n) is 4.36. The first-order valence-corrected chi connectivity index (χ1v) is 9.69. The van der Waals surface area contributed by atoms with Crippen LogP contribution in [0.25, 0.3) is 5.69 Å². The Kier molecular flexibility index (Phi) is 4.86. The van der Waals surface area contributed by atoms with Crippen LogP contribution >= 0.6 is 11.6 Å². The van der Waals surface area contributed by atoms with Crippen LogP contribution in [0.4, 0.5) is 0 Å². The first kappa shape index (κ1) is 17.9. The highest BCUT2D eigenvalue weighted by Gasteiger charge is 2.39. The van der Waals surface area contributed by atoms with Crippen molar-refractivity contribution in [1.82, 2.24) is 14.1 Å². The Balaban J connectivity index is 2.01. The molecule has 1 aromatic heterocycles. The highest BCUT2D eigenvalue weighted by atomic mass is 35.5. The zero-order valence-electron chi connectivity index (χ0n) is 13.6. The van der Waals surface area contributed by atoms with Gasteiger partial charge in [-0.25, -0.2) is 13.1 Å². The van der Waals surface area contributed by atoms with Crippen molar-refractivity contribution >= 4 is 27.6 Å². The van der Waals surface area contributed by atoms with Gasteiger partial charge in [0.15, 0.2) is 0 Å². The second-order valence-corrected chi connectivity index (χ2v) is 8.24. The molecule has 2 aromatic rings. The van der Waals surface area contributed by atoms with Crippen LogP contribution in [0, 0.1) is 6.92 Å². The summed E-state index contributed by atoms with van der Waals surface area (Å²) in [6.07, 6.45) is 2.94. The molecule has 1 N–H and O–H groups in total. The molecule has 134 valence electrons. The predicted octanol–water partition coefficient (Wildman–Crippen LogP) is 2.46. The number of rotatable bonds is 4. The van der Waals surface area contributed by atoms with E-state index < -0.39 is 22.0 Å². The number of hydrogen-bond donors (Lipinski definition) is 1. The zero-order chi connectivity index (χ0) is 18.2. The maximum absolute atomic E-state index is 13.0. The minimum absolute atomic E-state index is 0.0237. The lowest BCUT2D eigenvalue weighted by Gasteiger charge is -2.31. The van der Waals surface area contributed by atoms with E-state index in [1.807, 2.05) is 0 Å². The smallest absolute Gasteiger partial charge is 0.322 e. The largest absolute Gasteiger partial charge is 0.480 e. The van der Waals surface area contributed by atoms with Crippen LogP contribution in [0.5, 0.6) is 0 Å². The maximum Gasteiger partial charge on any atom is 0.322 e. The van der Waals surface area contributed by atoms with Gasteiger partial charge in [-0.1, -0.05) is 11.6 Å². The van der Waals surface area contributed by atoms with E-state index in [2.05, 4.69) is 5.10 Å². The molecule has 1 aromatic carbocycles. The Bertz CT molecular complexity index is 893. The van der Waals surface area contributed by atoms with E-state index in [0.29, 0.717) is 35.7 Å². The van der Waals surface area contributed by atoms with Crippen LogP contribution in [0.15, 0.2) is 35.4 Å². The summed E-state index contributed by atoms with van der Waals surface area (Å²) in [5.74, 6) is -1.12. The fourth-order valence-corrected chi connectivity index (χ4v) is 4.98. The fourth-order valence-electron chi connectivity index (χ4n) is 3.06. The van der Waals surface area contributed by atoms with E-state index >= 15 is 0 Å². The van der Waals surface area contributed by atoms with Crippen molar-refractivity contribution in [2.75, 3.05) is 6.54 Å². The summed E-state index contributed by atoms with van der Waals surface area (Å²) in [5.41, 5.74) is 1.11. The Morgan fingerprint density at radius 1 is 1.28 bits per heavy atom. The summed E-state index contributed by atoms with van der Waals surface area (Å²) >= 11 is 5.88. The number of aromatic nitrogens is 2. The lowest BCUT2D eigenvalue weighted by molar-refractivity contribution is -0.142. The second kappa shape index (κ2) is 6.78. The van der Waals surface area contributed by atoms with Gasteiger partial charge in [0.25, 0.3) is 0 Å². The molecule has 0 radical (unpaired) electrons. The van der Waals surface area contributed by atoms with E-state index in [1.165, 1.54) is 10.9 Å². The van der Waals surface area contributed by atoms with E-state index in [0.717, 1.165) is 4.31 Å². The van der Waals surface area contributed by atoms with Gasteiger partial charge in [0, 0.05) is 11.6 Å². The van der Waals surface area contributed by atoms with Gasteiger partial charge in [-0.3, -0.25) is 4.79 Å². The number of nitrogens with zero attached hydrogens (tertiary/aromatic N) is 3. The Hall–Kier alpha value is -1.90. The number of carboxylic acid groups (broad SMARTS) is 1. The van der Waals surface area contributed by atoms with Gasteiger partial charge in [0.05, 0.1) is 17.6 Å². The minimum atomic E-state index is -3.94. The number of aliphatic carboxylic acids is 1. The van der Waals surface area contributed by atoms with Gasteiger partial charge < -0.3 is 5.11 Å². The molecule has 1 atom stereocenters. The molecular weight excluding hydrogens is 366 g/mol. The van der Waals surface area contributed by atoms with E-state index in [4.69, 9.17) is 11.6 Å². The third kappa shape index (κ3) is 3.29. The van der Waals surface area contributed by atoms with Crippen molar-refractivity contribution in [1.29, 1.82) is 0 Å². The second-order valence-electron chi connectivity index (χ2n) is 5.95. The van der Waals surface area contributed by atoms with Crippen LogP contribution in [-0.2, 0) is 14.8 Å². The van der Waals surface area contributed by atoms with Crippen LogP contribution in [0.2, 0.25) is 5.02 Å². The standard InChI is InChI=1S/C16H18ClN3O4S/c1-11-15(10-18-20(11)13-7-5-12(17)6-8-13)25(23,24)19-9-3-2-4-14(19)16(21)22/h5-8,10,14H,2-4,9H2,1H3,(H,21,22). The maximum atomic E-state index is 13.0. The SMILES string of the molecule is Cc1c(S(=O)(=O)N2CCCCC2C(=O)O)cnn1-c1ccc(Cl)cc1. The van der Waals surface area contributed by atoms with Crippen LogP contribution in [0.1, 0.15) is 25.0 Å². The van der Waals surface area contributed by atoms with Gasteiger partial charge in [-0.05, 0) is 50.5 Å². The average Bonchev–Trinajstić information content (AvgIpc) is 2.98. The molecular formula is C16H18ClN3O4S. The number of piperidine rings is 1. The predicted molar refractivity (Wildman–Crippen MR) is 92.5 cm³/mol. The zero-order valence-corrected chi connectivity index (χ0v) is 15.2. The summed E-state index contributed by atoms with van der Waals surface area (Å²) in [6.45, 7) is 1.85. The molecule has 9 heteroatoms. The van der Waals surface area contributed by atoms with E-state index in [9.17, 15) is 18.3 Å². The third-order valence-corrected chi connectivity index (χ3v) is 6.62. The van der Waals surface area contributed by atoms with Gasteiger partial charge in [0.2, 0.25) is 10.0 Å². The highest BCUT2D eigenvalue weighted by Crippen LogP contribution is 2.28. The Morgan fingerprint density at radius 2 is 1.96 bits per heavy atom. The molecule has 0 aliphatic carbocycles. The number of halogens is 1. The number of sulfonamides is 1. The monoisotopic (exact) mass is 383 g/mol. The van der Waals surface area contributed by atoms with E-state index in [1.54, 1.807) is 31.2 Å². The van der Waals surface area contributed by atoms with Gasteiger partial charge in [0.1, 0.15) is 10.9 Å². The molecule has 2 heterocycles. The summed E-state index contributed by atoms with van der Waals surface area (Å²) in [6, 6.07) is 5.82.